The molecule has 0 unspecified atom stereocenters. The van der Waals surface area contributed by atoms with Crippen molar-refractivity contribution in [1.29, 1.82) is 0 Å². The fourth-order valence-electron chi connectivity index (χ4n) is 5.31. The van der Waals surface area contributed by atoms with Crippen LogP contribution in [0.5, 0.6) is 0 Å². The van der Waals surface area contributed by atoms with Gasteiger partial charge in [-0.15, -0.1) is 0 Å². The molecule has 0 spiro atoms. The van der Waals surface area contributed by atoms with Gasteiger partial charge < -0.3 is 8.98 Å². The fourth-order valence-corrected chi connectivity index (χ4v) is 7.96. The Labute approximate surface area is 215 Å². The molecule has 0 amide bonds. The first-order valence-corrected chi connectivity index (χ1v) is 14.1. The Morgan fingerprint density at radius 1 is 0.459 bits per heavy atom. The van der Waals surface area contributed by atoms with Crippen molar-refractivity contribution in [1.82, 2.24) is 0 Å². The molecule has 7 aromatic rings. The first kappa shape index (κ1) is 21.9. The Morgan fingerprint density at radius 2 is 1.03 bits per heavy atom. The zero-order valence-electron chi connectivity index (χ0n) is 20.0. The van der Waals surface area contributed by atoms with E-state index in [-0.39, 0.29) is 0 Å². The second kappa shape index (κ2) is 8.62. The molecule has 1 heterocycles. The topological polar surface area (TPSA) is 30.2 Å². The van der Waals surface area contributed by atoms with Gasteiger partial charge in [-0.1, -0.05) is 121 Å². The summed E-state index contributed by atoms with van der Waals surface area (Å²) >= 11 is 0. The Bertz CT molecular complexity index is 1890. The predicted molar refractivity (Wildman–Crippen MR) is 156 cm³/mol. The summed E-state index contributed by atoms with van der Waals surface area (Å²) in [6, 6.07) is 46.7. The molecular formula is C34H23O2P. The Hall–Kier alpha value is -4.39. The van der Waals surface area contributed by atoms with E-state index in [2.05, 4.69) is 60.7 Å². The van der Waals surface area contributed by atoms with Crippen molar-refractivity contribution in [2.24, 2.45) is 0 Å². The second-order valence-electron chi connectivity index (χ2n) is 9.30. The summed E-state index contributed by atoms with van der Waals surface area (Å²) in [6.07, 6.45) is 0. The molecule has 37 heavy (non-hydrogen) atoms. The molecule has 0 aliphatic rings. The maximum Gasteiger partial charge on any atom is 0.171 e. The van der Waals surface area contributed by atoms with Gasteiger partial charge in [-0.2, -0.15) is 0 Å². The highest BCUT2D eigenvalue weighted by Crippen LogP contribution is 2.43. The van der Waals surface area contributed by atoms with E-state index in [0.29, 0.717) is 0 Å². The molecule has 0 aliphatic heterocycles. The standard InChI is InChI=1S/C34H23O2P/c35-37(27-10-3-1-4-11-27,28-12-5-2-6-13-28)29-19-15-24(16-20-29)26-18-21-32-31(23-26)34-30-14-8-7-9-25(30)17-22-33(34)36-32/h1-23H. The highest BCUT2D eigenvalue weighted by molar-refractivity contribution is 7.85. The third-order valence-corrected chi connectivity index (χ3v) is 10.2. The van der Waals surface area contributed by atoms with E-state index in [9.17, 15) is 4.57 Å². The van der Waals surface area contributed by atoms with Crippen LogP contribution in [-0.2, 0) is 4.57 Å². The van der Waals surface area contributed by atoms with Gasteiger partial charge in [0.15, 0.2) is 7.14 Å². The fraction of sp³-hybridized carbons (Fsp3) is 0. The molecular weight excluding hydrogens is 471 g/mol. The molecule has 0 aliphatic carbocycles. The maximum absolute atomic E-state index is 14.7. The lowest BCUT2D eigenvalue weighted by Gasteiger charge is -2.20. The zero-order chi connectivity index (χ0) is 24.8. The van der Waals surface area contributed by atoms with Crippen LogP contribution in [0.4, 0.5) is 0 Å². The molecule has 0 N–H and O–H groups in total. The van der Waals surface area contributed by atoms with Crippen LogP contribution in [0.3, 0.4) is 0 Å². The molecule has 1 aromatic heterocycles. The Balaban J connectivity index is 1.36. The molecule has 0 radical (unpaired) electrons. The number of hydrogen-bond donors (Lipinski definition) is 0. The van der Waals surface area contributed by atoms with Gasteiger partial charge >= 0.3 is 0 Å². The van der Waals surface area contributed by atoms with Crippen molar-refractivity contribution in [2.45, 2.75) is 0 Å². The molecule has 3 heteroatoms. The van der Waals surface area contributed by atoms with E-state index in [1.807, 2.05) is 78.9 Å². The normalized spacial score (nSPS) is 11.9. The van der Waals surface area contributed by atoms with Crippen LogP contribution in [0.25, 0.3) is 43.8 Å². The van der Waals surface area contributed by atoms with Crippen molar-refractivity contribution in [3.8, 4) is 11.1 Å². The van der Waals surface area contributed by atoms with Crippen LogP contribution in [-0.4, -0.2) is 0 Å². The van der Waals surface area contributed by atoms with Crippen molar-refractivity contribution in [3.63, 3.8) is 0 Å². The van der Waals surface area contributed by atoms with Gasteiger partial charge in [0, 0.05) is 26.7 Å². The van der Waals surface area contributed by atoms with Crippen LogP contribution in [0.15, 0.2) is 144 Å². The van der Waals surface area contributed by atoms with Crippen molar-refractivity contribution in [2.75, 3.05) is 0 Å². The molecule has 0 saturated heterocycles. The van der Waals surface area contributed by atoms with E-state index in [0.717, 1.165) is 49.0 Å². The molecule has 2 nitrogen and oxygen atoms in total. The number of fused-ring (bicyclic) bond motifs is 5. The molecule has 7 rings (SSSR count). The van der Waals surface area contributed by atoms with Gasteiger partial charge in [0.25, 0.3) is 0 Å². The predicted octanol–water partition coefficient (Wildman–Crippen LogP) is 8.05. The van der Waals surface area contributed by atoms with Crippen molar-refractivity contribution >= 4 is 55.8 Å². The Kier molecular flexibility index (Phi) is 5.09. The van der Waals surface area contributed by atoms with Crippen LogP contribution in [0.2, 0.25) is 0 Å². The second-order valence-corrected chi connectivity index (χ2v) is 12.1. The largest absolute Gasteiger partial charge is 0.456 e. The van der Waals surface area contributed by atoms with Gasteiger partial charge in [0.2, 0.25) is 0 Å². The van der Waals surface area contributed by atoms with E-state index in [4.69, 9.17) is 4.42 Å². The summed E-state index contributed by atoms with van der Waals surface area (Å²) < 4.78 is 20.8. The lowest BCUT2D eigenvalue weighted by molar-refractivity contribution is 0.592. The van der Waals surface area contributed by atoms with Gasteiger partial charge in [0.05, 0.1) is 0 Å². The molecule has 0 saturated carbocycles. The maximum atomic E-state index is 14.7. The lowest BCUT2D eigenvalue weighted by Crippen LogP contribution is -2.24. The third kappa shape index (κ3) is 3.53. The van der Waals surface area contributed by atoms with Gasteiger partial charge in [-0.25, -0.2) is 0 Å². The van der Waals surface area contributed by atoms with Crippen LogP contribution >= 0.6 is 7.14 Å². The summed E-state index contributed by atoms with van der Waals surface area (Å²) in [5.74, 6) is 0. The van der Waals surface area contributed by atoms with Crippen LogP contribution < -0.4 is 15.9 Å². The van der Waals surface area contributed by atoms with E-state index in [1.165, 1.54) is 10.8 Å². The monoisotopic (exact) mass is 494 g/mol. The number of benzene rings is 6. The number of rotatable bonds is 4. The SMILES string of the molecule is O=P(c1ccccc1)(c1ccccc1)c1ccc(-c2ccc3oc4ccc5ccccc5c4c3c2)cc1. The number of hydrogen-bond acceptors (Lipinski definition) is 2. The molecule has 0 atom stereocenters. The highest BCUT2D eigenvalue weighted by Gasteiger charge is 2.29. The molecule has 6 aromatic carbocycles. The summed E-state index contributed by atoms with van der Waals surface area (Å²) in [5, 5.41) is 7.15. The van der Waals surface area contributed by atoms with E-state index < -0.39 is 7.14 Å². The quantitative estimate of drug-likeness (QED) is 0.232. The molecule has 176 valence electrons. The highest BCUT2D eigenvalue weighted by atomic mass is 31.2. The first-order valence-electron chi connectivity index (χ1n) is 12.4. The van der Waals surface area contributed by atoms with Gasteiger partial charge in [-0.3, -0.25) is 0 Å². The van der Waals surface area contributed by atoms with Gasteiger partial charge in [0.1, 0.15) is 11.2 Å². The van der Waals surface area contributed by atoms with E-state index in [1.54, 1.807) is 0 Å². The smallest absolute Gasteiger partial charge is 0.171 e. The summed E-state index contributed by atoms with van der Waals surface area (Å²) in [7, 11) is -2.99. The summed E-state index contributed by atoms with van der Waals surface area (Å²) in [4.78, 5) is 0. The van der Waals surface area contributed by atoms with Crippen molar-refractivity contribution in [3.05, 3.63) is 140 Å². The van der Waals surface area contributed by atoms with Gasteiger partial charge in [-0.05, 0) is 40.1 Å². The summed E-state index contributed by atoms with van der Waals surface area (Å²) in [5.41, 5.74) is 3.95. The molecule has 0 bridgehead atoms. The number of furan rings is 1. The Morgan fingerprint density at radius 3 is 1.73 bits per heavy atom. The van der Waals surface area contributed by atoms with Crippen LogP contribution in [0.1, 0.15) is 0 Å². The first-order chi connectivity index (χ1) is 18.2. The minimum Gasteiger partial charge on any atom is -0.456 e. The minimum absolute atomic E-state index is 0.828. The molecule has 0 fully saturated rings. The third-order valence-electron chi connectivity index (χ3n) is 7.16. The van der Waals surface area contributed by atoms with Crippen molar-refractivity contribution < 1.29 is 8.98 Å². The van der Waals surface area contributed by atoms with Crippen LogP contribution in [0, 0.1) is 0 Å². The zero-order valence-corrected chi connectivity index (χ0v) is 20.9. The van der Waals surface area contributed by atoms with E-state index >= 15 is 0 Å². The average molecular weight is 495 g/mol. The minimum atomic E-state index is -2.99. The lowest BCUT2D eigenvalue weighted by atomic mass is 10.00. The average Bonchev–Trinajstić information content (AvgIpc) is 3.36. The summed E-state index contributed by atoms with van der Waals surface area (Å²) in [6.45, 7) is 0.